The van der Waals surface area contributed by atoms with E-state index in [4.69, 9.17) is 0 Å². The summed E-state index contributed by atoms with van der Waals surface area (Å²) in [6.07, 6.45) is 3.52. The van der Waals surface area contributed by atoms with Crippen LogP contribution in [-0.4, -0.2) is 48.5 Å². The number of para-hydroxylation sites is 1. The van der Waals surface area contributed by atoms with Crippen molar-refractivity contribution in [2.45, 2.75) is 6.04 Å². The zero-order chi connectivity index (χ0) is 21.6. The number of carbonyl (C=O) groups is 1. The highest BCUT2D eigenvalue weighted by Crippen LogP contribution is 2.25. The van der Waals surface area contributed by atoms with Gasteiger partial charge in [-0.1, -0.05) is 18.2 Å². The number of nitrogens with zero attached hydrogens (tertiary/aromatic N) is 3. The largest absolute Gasteiger partial charge is 0.367 e. The first kappa shape index (κ1) is 20.9. The van der Waals surface area contributed by atoms with Crippen molar-refractivity contribution in [1.82, 2.24) is 15.2 Å². The summed E-state index contributed by atoms with van der Waals surface area (Å²) in [5.41, 5.74) is 2.03. The lowest BCUT2D eigenvalue weighted by atomic mass is 10.1. The molecule has 31 heavy (non-hydrogen) atoms. The molecule has 4 rings (SSSR count). The fraction of sp³-hybridized carbons (Fsp3) is 0.250. The highest BCUT2D eigenvalue weighted by molar-refractivity contribution is 5.94. The fourth-order valence-electron chi connectivity index (χ4n) is 3.91. The molecular formula is C24H24F2N4O. The summed E-state index contributed by atoms with van der Waals surface area (Å²) in [5.74, 6) is -0.845. The van der Waals surface area contributed by atoms with E-state index in [1.807, 2.05) is 23.1 Å². The van der Waals surface area contributed by atoms with Crippen LogP contribution in [0.5, 0.6) is 0 Å². The summed E-state index contributed by atoms with van der Waals surface area (Å²) in [4.78, 5) is 21.1. The van der Waals surface area contributed by atoms with Crippen molar-refractivity contribution in [3.8, 4) is 0 Å². The molecule has 1 N–H and O–H groups in total. The molecule has 160 valence electrons. The van der Waals surface area contributed by atoms with Gasteiger partial charge in [-0.15, -0.1) is 0 Å². The zero-order valence-corrected chi connectivity index (χ0v) is 17.0. The lowest BCUT2D eigenvalue weighted by Crippen LogP contribution is -2.50. The number of halogens is 2. The second-order valence-electron chi connectivity index (χ2n) is 7.49. The van der Waals surface area contributed by atoms with Crippen LogP contribution in [0.3, 0.4) is 0 Å². The number of amides is 1. The van der Waals surface area contributed by atoms with E-state index in [-0.39, 0.29) is 23.6 Å². The molecule has 0 aliphatic carbocycles. The number of hydrogen-bond acceptors (Lipinski definition) is 4. The van der Waals surface area contributed by atoms with E-state index in [9.17, 15) is 13.6 Å². The standard InChI is InChI=1S/C24H24F2N4O/c25-20-9-7-18(8-10-20)24(31)28-17-23(19-4-3-11-27-16-19)30-14-12-29(13-15-30)22-6-2-1-5-21(22)26/h1-11,16,23H,12-15,17H2,(H,28,31)/t23-/m0/s1. The van der Waals surface area contributed by atoms with Gasteiger partial charge in [0.05, 0.1) is 11.7 Å². The maximum absolute atomic E-state index is 14.2. The molecule has 1 fully saturated rings. The zero-order valence-electron chi connectivity index (χ0n) is 17.0. The molecular weight excluding hydrogens is 398 g/mol. The maximum Gasteiger partial charge on any atom is 0.251 e. The number of anilines is 1. The SMILES string of the molecule is O=C(NC[C@@H](c1cccnc1)N1CCN(c2ccccc2F)CC1)c1ccc(F)cc1. The van der Waals surface area contributed by atoms with Crippen LogP contribution in [-0.2, 0) is 0 Å². The van der Waals surface area contributed by atoms with Gasteiger partial charge in [-0.2, -0.15) is 0 Å². The lowest BCUT2D eigenvalue weighted by molar-refractivity contribution is 0.0930. The Morgan fingerprint density at radius 1 is 0.968 bits per heavy atom. The molecule has 1 aromatic heterocycles. The quantitative estimate of drug-likeness (QED) is 0.659. The number of rotatable bonds is 6. The summed E-state index contributed by atoms with van der Waals surface area (Å²) in [6.45, 7) is 3.20. The van der Waals surface area contributed by atoms with E-state index in [1.54, 1.807) is 24.5 Å². The number of pyridine rings is 1. The van der Waals surface area contributed by atoms with E-state index in [0.717, 1.165) is 18.7 Å². The average Bonchev–Trinajstić information content (AvgIpc) is 2.81. The van der Waals surface area contributed by atoms with E-state index in [2.05, 4.69) is 15.2 Å². The highest BCUT2D eigenvalue weighted by Gasteiger charge is 2.26. The Morgan fingerprint density at radius 2 is 1.71 bits per heavy atom. The number of aromatic nitrogens is 1. The molecule has 0 saturated carbocycles. The Balaban J connectivity index is 1.44. The molecule has 0 radical (unpaired) electrons. The van der Waals surface area contributed by atoms with Crippen molar-refractivity contribution in [3.63, 3.8) is 0 Å². The minimum atomic E-state index is -0.377. The van der Waals surface area contributed by atoms with Gasteiger partial charge >= 0.3 is 0 Å². The first-order chi connectivity index (χ1) is 15.1. The molecule has 7 heteroatoms. The number of piperazine rings is 1. The van der Waals surface area contributed by atoms with E-state index < -0.39 is 0 Å². The van der Waals surface area contributed by atoms with Crippen molar-refractivity contribution in [2.24, 2.45) is 0 Å². The minimum Gasteiger partial charge on any atom is -0.367 e. The second-order valence-corrected chi connectivity index (χ2v) is 7.49. The molecule has 1 saturated heterocycles. The van der Waals surface area contributed by atoms with Gasteiger partial charge in [-0.3, -0.25) is 14.7 Å². The Morgan fingerprint density at radius 3 is 2.39 bits per heavy atom. The Kier molecular flexibility index (Phi) is 6.52. The Bertz CT molecular complexity index is 1010. The van der Waals surface area contributed by atoms with Crippen LogP contribution in [0.2, 0.25) is 0 Å². The molecule has 0 spiro atoms. The molecule has 0 bridgehead atoms. The molecule has 2 heterocycles. The van der Waals surface area contributed by atoms with Crippen molar-refractivity contribution in [3.05, 3.63) is 95.8 Å². The van der Waals surface area contributed by atoms with Crippen molar-refractivity contribution in [2.75, 3.05) is 37.6 Å². The average molecular weight is 422 g/mol. The third kappa shape index (κ3) is 5.06. The van der Waals surface area contributed by atoms with Crippen molar-refractivity contribution < 1.29 is 13.6 Å². The van der Waals surface area contributed by atoms with E-state index in [1.165, 1.54) is 30.3 Å². The van der Waals surface area contributed by atoms with Crippen LogP contribution >= 0.6 is 0 Å². The Hall–Kier alpha value is -3.32. The summed E-state index contributed by atoms with van der Waals surface area (Å²) >= 11 is 0. The van der Waals surface area contributed by atoms with Crippen molar-refractivity contribution >= 4 is 11.6 Å². The molecule has 1 atom stereocenters. The lowest BCUT2D eigenvalue weighted by Gasteiger charge is -2.40. The molecule has 1 aliphatic heterocycles. The minimum absolute atomic E-state index is 0.0686. The van der Waals surface area contributed by atoms with Crippen molar-refractivity contribution in [1.29, 1.82) is 0 Å². The van der Waals surface area contributed by atoms with E-state index >= 15 is 0 Å². The molecule has 0 unspecified atom stereocenters. The van der Waals surface area contributed by atoms with Crippen LogP contribution in [0.4, 0.5) is 14.5 Å². The monoisotopic (exact) mass is 422 g/mol. The molecule has 1 aliphatic rings. The van der Waals surface area contributed by atoms with Gasteiger partial charge < -0.3 is 10.2 Å². The molecule has 3 aromatic rings. The van der Waals surface area contributed by atoms with Crippen LogP contribution in [0.1, 0.15) is 22.0 Å². The molecule has 5 nitrogen and oxygen atoms in total. The number of benzene rings is 2. The summed E-state index contributed by atoms with van der Waals surface area (Å²) < 4.78 is 27.3. The van der Waals surface area contributed by atoms with Crippen LogP contribution in [0.25, 0.3) is 0 Å². The maximum atomic E-state index is 14.2. The molecule has 1 amide bonds. The van der Waals surface area contributed by atoms with Gasteiger partial charge in [0, 0.05) is 50.7 Å². The number of hydrogen-bond donors (Lipinski definition) is 1. The summed E-state index contributed by atoms with van der Waals surface area (Å²) in [5, 5.41) is 2.96. The summed E-state index contributed by atoms with van der Waals surface area (Å²) in [6, 6.07) is 16.1. The third-order valence-corrected chi connectivity index (χ3v) is 5.58. The predicted octanol–water partition coefficient (Wildman–Crippen LogP) is 3.65. The number of nitrogens with one attached hydrogen (secondary N) is 1. The normalized spacial score (nSPS) is 15.5. The van der Waals surface area contributed by atoms with Gasteiger partial charge in [0.25, 0.3) is 5.91 Å². The predicted molar refractivity (Wildman–Crippen MR) is 116 cm³/mol. The van der Waals surface area contributed by atoms with Crippen LogP contribution in [0.15, 0.2) is 73.1 Å². The third-order valence-electron chi connectivity index (χ3n) is 5.58. The van der Waals surface area contributed by atoms with Gasteiger partial charge in [-0.25, -0.2) is 8.78 Å². The highest BCUT2D eigenvalue weighted by atomic mass is 19.1. The van der Waals surface area contributed by atoms with Crippen LogP contribution in [0, 0.1) is 11.6 Å². The molecule has 2 aromatic carbocycles. The number of carbonyl (C=O) groups excluding carboxylic acids is 1. The Labute approximate surface area is 180 Å². The fourth-order valence-corrected chi connectivity index (χ4v) is 3.91. The van der Waals surface area contributed by atoms with Crippen LogP contribution < -0.4 is 10.2 Å². The first-order valence-corrected chi connectivity index (χ1v) is 10.3. The summed E-state index contributed by atoms with van der Waals surface area (Å²) in [7, 11) is 0. The smallest absolute Gasteiger partial charge is 0.251 e. The van der Waals surface area contributed by atoms with Gasteiger partial charge in [0.15, 0.2) is 0 Å². The first-order valence-electron chi connectivity index (χ1n) is 10.3. The topological polar surface area (TPSA) is 48.5 Å². The van der Waals surface area contributed by atoms with Gasteiger partial charge in [0.1, 0.15) is 11.6 Å². The van der Waals surface area contributed by atoms with Gasteiger partial charge in [-0.05, 0) is 48.0 Å². The van der Waals surface area contributed by atoms with E-state index in [0.29, 0.717) is 30.9 Å². The second kappa shape index (κ2) is 9.66. The van der Waals surface area contributed by atoms with Gasteiger partial charge in [0.2, 0.25) is 0 Å².